The van der Waals surface area contributed by atoms with Gasteiger partial charge in [-0.3, -0.25) is 5.32 Å². The molecule has 1 rings (SSSR count). The fourth-order valence-electron chi connectivity index (χ4n) is 2.05. The number of rotatable bonds is 3. The lowest BCUT2D eigenvalue weighted by molar-refractivity contribution is 0.171. The zero-order valence-electron chi connectivity index (χ0n) is 9.69. The van der Waals surface area contributed by atoms with Crippen molar-refractivity contribution in [3.63, 3.8) is 0 Å². The lowest BCUT2D eigenvalue weighted by Gasteiger charge is -2.39. The summed E-state index contributed by atoms with van der Waals surface area (Å²) in [6.07, 6.45) is 5.45. The highest BCUT2D eigenvalue weighted by Gasteiger charge is 2.37. The molecule has 0 aromatic carbocycles. The number of hydrogen-bond acceptors (Lipinski definition) is 2. The molecule has 0 amide bonds. The van der Waals surface area contributed by atoms with Crippen LogP contribution in [-0.2, 0) is 0 Å². The van der Waals surface area contributed by atoms with Gasteiger partial charge in [0.15, 0.2) is 0 Å². The first-order valence-corrected chi connectivity index (χ1v) is 5.70. The minimum absolute atomic E-state index is 0.217. The van der Waals surface area contributed by atoms with Crippen molar-refractivity contribution in [1.82, 2.24) is 5.32 Å². The second kappa shape index (κ2) is 4.31. The van der Waals surface area contributed by atoms with Crippen LogP contribution in [0.4, 0.5) is 0 Å². The van der Waals surface area contributed by atoms with Crippen LogP contribution in [0.5, 0.6) is 0 Å². The molecule has 1 aliphatic rings. The van der Waals surface area contributed by atoms with E-state index in [9.17, 15) is 5.26 Å². The topological polar surface area (TPSA) is 35.8 Å². The number of nitrogens with one attached hydrogen (secondary N) is 1. The van der Waals surface area contributed by atoms with Crippen molar-refractivity contribution in [1.29, 1.82) is 5.26 Å². The van der Waals surface area contributed by atoms with E-state index < -0.39 is 0 Å². The smallest absolute Gasteiger partial charge is 0.106 e. The predicted molar refractivity (Wildman–Crippen MR) is 58.9 cm³/mol. The normalized spacial score (nSPS) is 24.1. The van der Waals surface area contributed by atoms with E-state index in [0.29, 0.717) is 5.41 Å². The highest BCUT2D eigenvalue weighted by molar-refractivity contribution is 5.10. The summed E-state index contributed by atoms with van der Waals surface area (Å²) in [4.78, 5) is 0. The quantitative estimate of drug-likeness (QED) is 0.750. The highest BCUT2D eigenvalue weighted by atomic mass is 15.0. The van der Waals surface area contributed by atoms with Gasteiger partial charge in [-0.15, -0.1) is 0 Å². The van der Waals surface area contributed by atoms with Crippen molar-refractivity contribution < 1.29 is 0 Å². The molecule has 1 N–H and O–H groups in total. The Morgan fingerprint density at radius 2 is 1.79 bits per heavy atom. The van der Waals surface area contributed by atoms with Gasteiger partial charge in [-0.1, -0.05) is 20.8 Å². The summed E-state index contributed by atoms with van der Waals surface area (Å²) in [5.41, 5.74) is 0.222. The number of nitrogens with zero attached hydrogens (tertiary/aromatic N) is 1. The van der Waals surface area contributed by atoms with E-state index in [0.717, 1.165) is 38.6 Å². The molecule has 0 aromatic heterocycles. The van der Waals surface area contributed by atoms with Crippen LogP contribution in [0.15, 0.2) is 0 Å². The molecule has 0 atom stereocenters. The van der Waals surface area contributed by atoms with E-state index in [1.54, 1.807) is 0 Å². The van der Waals surface area contributed by atoms with Gasteiger partial charge in [-0.05, 0) is 44.1 Å². The zero-order chi connectivity index (χ0) is 10.7. The van der Waals surface area contributed by atoms with Gasteiger partial charge in [0.1, 0.15) is 5.54 Å². The van der Waals surface area contributed by atoms with E-state index in [-0.39, 0.29) is 5.54 Å². The average molecular weight is 194 g/mol. The third-order valence-electron chi connectivity index (χ3n) is 3.38. The maximum Gasteiger partial charge on any atom is 0.106 e. The summed E-state index contributed by atoms with van der Waals surface area (Å²) < 4.78 is 0. The summed E-state index contributed by atoms with van der Waals surface area (Å²) in [6, 6.07) is 2.48. The fraction of sp³-hybridized carbons (Fsp3) is 0.917. The van der Waals surface area contributed by atoms with Crippen LogP contribution in [0.25, 0.3) is 0 Å². The van der Waals surface area contributed by atoms with Crippen molar-refractivity contribution in [3.05, 3.63) is 0 Å². The van der Waals surface area contributed by atoms with Crippen molar-refractivity contribution >= 4 is 0 Å². The second-order valence-corrected chi connectivity index (χ2v) is 5.28. The van der Waals surface area contributed by atoms with Gasteiger partial charge in [0.25, 0.3) is 0 Å². The molecule has 0 saturated heterocycles. The van der Waals surface area contributed by atoms with Crippen LogP contribution in [0.1, 0.15) is 52.9 Å². The zero-order valence-corrected chi connectivity index (χ0v) is 9.69. The van der Waals surface area contributed by atoms with Crippen LogP contribution in [0, 0.1) is 16.7 Å². The molecule has 14 heavy (non-hydrogen) atoms. The summed E-state index contributed by atoms with van der Waals surface area (Å²) in [5, 5.41) is 12.6. The van der Waals surface area contributed by atoms with Gasteiger partial charge < -0.3 is 0 Å². The molecule has 2 heteroatoms. The Morgan fingerprint density at radius 3 is 2.21 bits per heavy atom. The summed E-state index contributed by atoms with van der Waals surface area (Å²) in [7, 11) is 0. The summed E-state index contributed by atoms with van der Waals surface area (Å²) in [6.45, 7) is 7.71. The maximum atomic E-state index is 9.23. The predicted octanol–water partition coefficient (Wildman–Crippen LogP) is 2.85. The molecule has 0 radical (unpaired) electrons. The molecule has 1 fully saturated rings. The molecule has 0 unspecified atom stereocenters. The van der Waals surface area contributed by atoms with E-state index in [4.69, 9.17) is 0 Å². The monoisotopic (exact) mass is 194 g/mol. The van der Waals surface area contributed by atoms with Crippen LogP contribution in [0.3, 0.4) is 0 Å². The first kappa shape index (κ1) is 11.5. The SMILES string of the molecule is CCCNC1(C#N)CCC(C)(C)CC1. The molecular weight excluding hydrogens is 172 g/mol. The average Bonchev–Trinajstić information content (AvgIpc) is 2.18. The van der Waals surface area contributed by atoms with Gasteiger partial charge in [0, 0.05) is 0 Å². The van der Waals surface area contributed by atoms with Gasteiger partial charge in [-0.25, -0.2) is 0 Å². The Kier molecular flexibility index (Phi) is 3.55. The van der Waals surface area contributed by atoms with E-state index in [2.05, 4.69) is 32.2 Å². The Morgan fingerprint density at radius 1 is 1.21 bits per heavy atom. The molecular formula is C12H22N2. The van der Waals surface area contributed by atoms with Gasteiger partial charge >= 0.3 is 0 Å². The summed E-state index contributed by atoms with van der Waals surface area (Å²) in [5.74, 6) is 0. The van der Waals surface area contributed by atoms with Gasteiger partial charge in [0.05, 0.1) is 6.07 Å². The summed E-state index contributed by atoms with van der Waals surface area (Å²) >= 11 is 0. The first-order chi connectivity index (χ1) is 6.54. The van der Waals surface area contributed by atoms with E-state index in [1.165, 1.54) is 0 Å². The number of nitriles is 1. The molecule has 0 bridgehead atoms. The molecule has 0 aromatic rings. The fourth-order valence-corrected chi connectivity index (χ4v) is 2.05. The van der Waals surface area contributed by atoms with Crippen molar-refractivity contribution in [2.45, 2.75) is 58.4 Å². The van der Waals surface area contributed by atoms with Crippen LogP contribution >= 0.6 is 0 Å². The van der Waals surface area contributed by atoms with E-state index in [1.807, 2.05) is 0 Å². The Labute approximate surface area is 87.7 Å². The van der Waals surface area contributed by atoms with Crippen LogP contribution in [-0.4, -0.2) is 12.1 Å². The minimum Gasteiger partial charge on any atom is -0.299 e. The maximum absolute atomic E-state index is 9.23. The molecule has 0 heterocycles. The molecule has 80 valence electrons. The minimum atomic E-state index is -0.217. The Balaban J connectivity index is 2.54. The number of hydrogen-bond donors (Lipinski definition) is 1. The molecule has 2 nitrogen and oxygen atoms in total. The van der Waals surface area contributed by atoms with Crippen LogP contribution in [0.2, 0.25) is 0 Å². The molecule has 0 spiro atoms. The lowest BCUT2D eigenvalue weighted by atomic mass is 9.70. The largest absolute Gasteiger partial charge is 0.299 e. The molecule has 1 saturated carbocycles. The van der Waals surface area contributed by atoms with Crippen molar-refractivity contribution in [3.8, 4) is 6.07 Å². The van der Waals surface area contributed by atoms with E-state index >= 15 is 0 Å². The Hall–Kier alpha value is -0.550. The lowest BCUT2D eigenvalue weighted by Crippen LogP contribution is -2.48. The highest BCUT2D eigenvalue weighted by Crippen LogP contribution is 2.39. The van der Waals surface area contributed by atoms with Crippen molar-refractivity contribution in [2.24, 2.45) is 5.41 Å². The molecule has 1 aliphatic carbocycles. The van der Waals surface area contributed by atoms with Crippen LogP contribution < -0.4 is 5.32 Å². The van der Waals surface area contributed by atoms with Gasteiger partial charge in [0.2, 0.25) is 0 Å². The van der Waals surface area contributed by atoms with Gasteiger partial charge in [-0.2, -0.15) is 5.26 Å². The van der Waals surface area contributed by atoms with Crippen molar-refractivity contribution in [2.75, 3.05) is 6.54 Å². The standard InChI is InChI=1S/C12H22N2/c1-4-9-14-12(10-13)7-5-11(2,3)6-8-12/h14H,4-9H2,1-3H3. The second-order valence-electron chi connectivity index (χ2n) is 5.28. The Bertz CT molecular complexity index is 215. The third-order valence-corrected chi connectivity index (χ3v) is 3.38. The molecule has 0 aliphatic heterocycles. The third kappa shape index (κ3) is 2.72. The first-order valence-electron chi connectivity index (χ1n) is 5.70.